The van der Waals surface area contributed by atoms with Crippen molar-refractivity contribution < 1.29 is 0 Å². The molecule has 0 saturated heterocycles. The molecule has 0 amide bonds. The van der Waals surface area contributed by atoms with E-state index in [9.17, 15) is 4.79 Å². The Morgan fingerprint density at radius 1 is 1.25 bits per heavy atom. The van der Waals surface area contributed by atoms with Gasteiger partial charge < -0.3 is 5.73 Å². The van der Waals surface area contributed by atoms with Crippen molar-refractivity contribution in [2.45, 2.75) is 6.54 Å². The van der Waals surface area contributed by atoms with Gasteiger partial charge in [0.05, 0.1) is 5.69 Å². The van der Waals surface area contributed by atoms with Crippen LogP contribution >= 0.6 is 11.6 Å². The van der Waals surface area contributed by atoms with Crippen LogP contribution in [0.4, 0.5) is 0 Å². The summed E-state index contributed by atoms with van der Waals surface area (Å²) in [6.45, 7) is 0.236. The van der Waals surface area contributed by atoms with E-state index in [4.69, 9.17) is 17.3 Å². The lowest BCUT2D eigenvalue weighted by Crippen LogP contribution is -2.23. The molecule has 0 unspecified atom stereocenters. The highest BCUT2D eigenvalue weighted by Crippen LogP contribution is 2.13. The molecule has 0 atom stereocenters. The van der Waals surface area contributed by atoms with Crippen molar-refractivity contribution in [2.75, 3.05) is 0 Å². The maximum atomic E-state index is 12.0. The average molecular weight is 235 g/mol. The molecule has 2 N–H and O–H groups in total. The van der Waals surface area contributed by atoms with Crippen molar-refractivity contribution >= 4 is 11.6 Å². The molecule has 2 aromatic rings. The summed E-state index contributed by atoms with van der Waals surface area (Å²) < 4.78 is 1.54. The molecule has 0 spiro atoms. The molecular formula is C12H11ClN2O. The van der Waals surface area contributed by atoms with E-state index in [1.54, 1.807) is 36.5 Å². The molecule has 0 aliphatic carbocycles. The monoisotopic (exact) mass is 234 g/mol. The normalized spacial score (nSPS) is 10.4. The van der Waals surface area contributed by atoms with E-state index in [1.165, 1.54) is 4.57 Å². The lowest BCUT2D eigenvalue weighted by Gasteiger charge is -2.07. The first-order valence-corrected chi connectivity index (χ1v) is 5.26. The van der Waals surface area contributed by atoms with Crippen LogP contribution in [0.3, 0.4) is 0 Å². The molecule has 1 aromatic carbocycles. The molecule has 1 aromatic heterocycles. The Labute approximate surface area is 98.1 Å². The fourth-order valence-electron chi connectivity index (χ4n) is 1.52. The SMILES string of the molecule is NCc1cccn(-c2cccc(Cl)c2)c1=O. The minimum atomic E-state index is -0.104. The Kier molecular flexibility index (Phi) is 3.08. The molecule has 2 rings (SSSR count). The standard InChI is InChI=1S/C12H11ClN2O/c13-10-4-1-5-11(7-10)15-6-2-3-9(8-14)12(15)16/h1-7H,8,14H2. The molecule has 0 radical (unpaired) electrons. The van der Waals surface area contributed by atoms with Crippen LogP contribution in [0.15, 0.2) is 47.4 Å². The van der Waals surface area contributed by atoms with Crippen LogP contribution in [-0.4, -0.2) is 4.57 Å². The second kappa shape index (κ2) is 4.51. The highest BCUT2D eigenvalue weighted by atomic mass is 35.5. The molecule has 0 fully saturated rings. The van der Waals surface area contributed by atoms with E-state index in [0.717, 1.165) is 5.69 Å². The molecule has 3 nitrogen and oxygen atoms in total. The largest absolute Gasteiger partial charge is 0.326 e. The van der Waals surface area contributed by atoms with Crippen molar-refractivity contribution in [3.05, 3.63) is 63.5 Å². The van der Waals surface area contributed by atoms with E-state index >= 15 is 0 Å². The minimum absolute atomic E-state index is 0.104. The lowest BCUT2D eigenvalue weighted by atomic mass is 10.2. The summed E-state index contributed by atoms with van der Waals surface area (Å²) >= 11 is 5.88. The first-order valence-electron chi connectivity index (χ1n) is 4.89. The maximum absolute atomic E-state index is 12.0. The maximum Gasteiger partial charge on any atom is 0.259 e. The zero-order valence-electron chi connectivity index (χ0n) is 8.56. The van der Waals surface area contributed by atoms with E-state index in [0.29, 0.717) is 10.6 Å². The number of hydrogen-bond donors (Lipinski definition) is 1. The Bertz CT molecular complexity index is 563. The van der Waals surface area contributed by atoms with Crippen LogP contribution in [0.2, 0.25) is 5.02 Å². The van der Waals surface area contributed by atoms with Gasteiger partial charge in [-0.2, -0.15) is 0 Å². The number of halogens is 1. The van der Waals surface area contributed by atoms with Gasteiger partial charge in [-0.1, -0.05) is 23.7 Å². The third-order valence-corrected chi connectivity index (χ3v) is 2.57. The number of pyridine rings is 1. The van der Waals surface area contributed by atoms with E-state index in [-0.39, 0.29) is 12.1 Å². The molecule has 82 valence electrons. The summed E-state index contributed by atoms with van der Waals surface area (Å²) in [6.07, 6.45) is 1.70. The van der Waals surface area contributed by atoms with Crippen molar-refractivity contribution in [1.82, 2.24) is 4.57 Å². The molecule has 0 saturated carbocycles. The Hall–Kier alpha value is -1.58. The molecule has 1 heterocycles. The number of nitrogens with two attached hydrogens (primary N) is 1. The van der Waals surface area contributed by atoms with E-state index in [2.05, 4.69) is 0 Å². The van der Waals surface area contributed by atoms with Gasteiger partial charge >= 0.3 is 0 Å². The minimum Gasteiger partial charge on any atom is -0.326 e. The summed E-state index contributed by atoms with van der Waals surface area (Å²) in [4.78, 5) is 12.0. The van der Waals surface area contributed by atoms with Gasteiger partial charge in [0.1, 0.15) is 0 Å². The number of hydrogen-bond acceptors (Lipinski definition) is 2. The topological polar surface area (TPSA) is 48.0 Å². The van der Waals surface area contributed by atoms with Crippen LogP contribution in [0.25, 0.3) is 5.69 Å². The number of benzene rings is 1. The smallest absolute Gasteiger partial charge is 0.259 e. The van der Waals surface area contributed by atoms with Gasteiger partial charge in [-0.15, -0.1) is 0 Å². The second-order valence-corrected chi connectivity index (χ2v) is 3.83. The zero-order valence-corrected chi connectivity index (χ0v) is 9.32. The van der Waals surface area contributed by atoms with Gasteiger partial charge in [0, 0.05) is 23.3 Å². The molecular weight excluding hydrogens is 224 g/mol. The Morgan fingerprint density at radius 2 is 2.06 bits per heavy atom. The Morgan fingerprint density at radius 3 is 2.75 bits per heavy atom. The predicted octanol–water partition coefficient (Wildman–Crippen LogP) is 1.95. The summed E-state index contributed by atoms with van der Waals surface area (Å²) in [7, 11) is 0. The van der Waals surface area contributed by atoms with Gasteiger partial charge in [0.2, 0.25) is 0 Å². The fraction of sp³-hybridized carbons (Fsp3) is 0.0833. The molecule has 0 aliphatic heterocycles. The van der Waals surface area contributed by atoms with Crippen LogP contribution in [0, 0.1) is 0 Å². The van der Waals surface area contributed by atoms with E-state index < -0.39 is 0 Å². The first-order chi connectivity index (χ1) is 7.72. The summed E-state index contributed by atoms with van der Waals surface area (Å²) in [5.41, 5.74) is 6.71. The third kappa shape index (κ3) is 2.01. The summed E-state index contributed by atoms with van der Waals surface area (Å²) in [5.74, 6) is 0. The molecule has 0 bridgehead atoms. The van der Waals surface area contributed by atoms with Gasteiger partial charge in [-0.3, -0.25) is 9.36 Å². The van der Waals surface area contributed by atoms with Crippen molar-refractivity contribution in [3.63, 3.8) is 0 Å². The average Bonchev–Trinajstić information content (AvgIpc) is 2.29. The highest BCUT2D eigenvalue weighted by molar-refractivity contribution is 6.30. The number of nitrogens with zero attached hydrogens (tertiary/aromatic N) is 1. The van der Waals surface area contributed by atoms with Crippen LogP contribution < -0.4 is 11.3 Å². The first kappa shape index (κ1) is 10.9. The fourth-order valence-corrected chi connectivity index (χ4v) is 1.71. The number of aromatic nitrogens is 1. The predicted molar refractivity (Wildman–Crippen MR) is 64.9 cm³/mol. The molecule has 4 heteroatoms. The van der Waals surface area contributed by atoms with Crippen molar-refractivity contribution in [2.24, 2.45) is 5.73 Å². The number of rotatable bonds is 2. The van der Waals surface area contributed by atoms with Crippen LogP contribution in [0.1, 0.15) is 5.56 Å². The second-order valence-electron chi connectivity index (χ2n) is 3.39. The summed E-state index contributed by atoms with van der Waals surface area (Å²) in [5, 5.41) is 0.600. The van der Waals surface area contributed by atoms with Gasteiger partial charge in [0.25, 0.3) is 5.56 Å². The molecule has 0 aliphatic rings. The van der Waals surface area contributed by atoms with Crippen LogP contribution in [-0.2, 0) is 6.54 Å². The zero-order chi connectivity index (χ0) is 11.5. The van der Waals surface area contributed by atoms with E-state index in [1.807, 2.05) is 6.07 Å². The molecule has 16 heavy (non-hydrogen) atoms. The van der Waals surface area contributed by atoms with Gasteiger partial charge in [-0.25, -0.2) is 0 Å². The highest BCUT2D eigenvalue weighted by Gasteiger charge is 2.03. The van der Waals surface area contributed by atoms with Crippen molar-refractivity contribution in [1.29, 1.82) is 0 Å². The quantitative estimate of drug-likeness (QED) is 0.864. The van der Waals surface area contributed by atoms with Crippen LogP contribution in [0.5, 0.6) is 0 Å². The lowest BCUT2D eigenvalue weighted by molar-refractivity contribution is 0.925. The van der Waals surface area contributed by atoms with Crippen molar-refractivity contribution in [3.8, 4) is 5.69 Å². The van der Waals surface area contributed by atoms with Gasteiger partial charge in [0.15, 0.2) is 0 Å². The van der Waals surface area contributed by atoms with Gasteiger partial charge in [-0.05, 0) is 24.3 Å². The third-order valence-electron chi connectivity index (χ3n) is 2.33. The summed E-state index contributed by atoms with van der Waals surface area (Å²) in [6, 6.07) is 10.7. The Balaban J connectivity index is 2.61.